The largest absolute Gasteiger partial charge is 0.481 e. The molecule has 3 N–H and O–H groups in total. The van der Waals surface area contributed by atoms with Crippen LogP contribution >= 0.6 is 0 Å². The minimum absolute atomic E-state index is 0.353. The third-order valence-electron chi connectivity index (χ3n) is 2.29. The summed E-state index contributed by atoms with van der Waals surface area (Å²) < 4.78 is 5.47. The highest BCUT2D eigenvalue weighted by Crippen LogP contribution is 2.15. The van der Waals surface area contributed by atoms with Crippen molar-refractivity contribution in [1.82, 2.24) is 5.43 Å². The number of nitrogens with zero attached hydrogens (tertiary/aromatic N) is 1. The van der Waals surface area contributed by atoms with E-state index < -0.39 is 6.10 Å². The summed E-state index contributed by atoms with van der Waals surface area (Å²) in [4.78, 5) is 11.3. The van der Waals surface area contributed by atoms with Crippen molar-refractivity contribution in [3.8, 4) is 11.8 Å². The van der Waals surface area contributed by atoms with Gasteiger partial charge in [-0.2, -0.15) is 5.26 Å². The molecule has 0 radical (unpaired) electrons. The van der Waals surface area contributed by atoms with Gasteiger partial charge in [0.15, 0.2) is 6.10 Å². The van der Waals surface area contributed by atoms with Crippen molar-refractivity contribution < 1.29 is 9.53 Å². The van der Waals surface area contributed by atoms with Gasteiger partial charge in [-0.05, 0) is 24.1 Å². The van der Waals surface area contributed by atoms with Crippen LogP contribution in [0.1, 0.15) is 18.9 Å². The summed E-state index contributed by atoms with van der Waals surface area (Å²) in [7, 11) is 0. The van der Waals surface area contributed by atoms with E-state index in [0.29, 0.717) is 18.6 Å². The topological polar surface area (TPSA) is 88.1 Å². The maximum Gasteiger partial charge on any atom is 0.274 e. The van der Waals surface area contributed by atoms with E-state index in [1.807, 2.05) is 6.92 Å². The quantitative estimate of drug-likeness (QED) is 0.449. The number of benzene rings is 1. The number of nitriles is 1. The molecule has 5 heteroatoms. The molecule has 0 bridgehead atoms. The van der Waals surface area contributed by atoms with Crippen LogP contribution in [0.4, 0.5) is 0 Å². The van der Waals surface area contributed by atoms with Gasteiger partial charge in [-0.25, -0.2) is 5.84 Å². The van der Waals surface area contributed by atoms with Gasteiger partial charge >= 0.3 is 0 Å². The first-order valence-electron chi connectivity index (χ1n) is 5.34. The maximum atomic E-state index is 11.3. The molecule has 0 spiro atoms. The Bertz CT molecular complexity index is 409. The van der Waals surface area contributed by atoms with Crippen molar-refractivity contribution in [2.45, 2.75) is 25.9 Å². The van der Waals surface area contributed by atoms with E-state index in [1.165, 1.54) is 0 Å². The Kier molecular flexibility index (Phi) is 4.98. The minimum atomic E-state index is -0.596. The van der Waals surface area contributed by atoms with E-state index in [1.54, 1.807) is 24.3 Å². The third kappa shape index (κ3) is 3.78. The molecule has 1 aromatic carbocycles. The molecule has 0 saturated heterocycles. The Morgan fingerprint density at radius 3 is 2.65 bits per heavy atom. The van der Waals surface area contributed by atoms with E-state index in [4.69, 9.17) is 15.8 Å². The average Bonchev–Trinajstić information content (AvgIpc) is 2.37. The molecule has 90 valence electrons. The van der Waals surface area contributed by atoms with Crippen LogP contribution in [-0.4, -0.2) is 12.0 Å². The molecule has 0 aromatic heterocycles. The fourth-order valence-electron chi connectivity index (χ4n) is 1.36. The predicted octanol–water partition coefficient (Wildman–Crippen LogP) is 0.900. The van der Waals surface area contributed by atoms with Crippen molar-refractivity contribution in [2.24, 2.45) is 5.84 Å². The second-order valence-electron chi connectivity index (χ2n) is 3.50. The molecule has 1 rings (SSSR count). The Balaban J connectivity index is 2.67. The zero-order chi connectivity index (χ0) is 12.7. The highest BCUT2D eigenvalue weighted by Gasteiger charge is 2.16. The molecule has 17 heavy (non-hydrogen) atoms. The van der Waals surface area contributed by atoms with Gasteiger partial charge in [-0.15, -0.1) is 0 Å². The lowest BCUT2D eigenvalue weighted by Gasteiger charge is -2.15. The predicted molar refractivity (Wildman–Crippen MR) is 62.8 cm³/mol. The number of ether oxygens (including phenoxy) is 1. The Morgan fingerprint density at radius 1 is 1.53 bits per heavy atom. The van der Waals surface area contributed by atoms with E-state index in [-0.39, 0.29) is 5.91 Å². The van der Waals surface area contributed by atoms with Crippen molar-refractivity contribution in [2.75, 3.05) is 0 Å². The zero-order valence-electron chi connectivity index (χ0n) is 9.64. The van der Waals surface area contributed by atoms with Crippen LogP contribution in [0.15, 0.2) is 24.3 Å². The third-order valence-corrected chi connectivity index (χ3v) is 2.29. The standard InChI is InChI=1S/C12H15N3O2/c1-2-11(12(16)15-14)17-10-5-3-9(4-6-10)7-8-13/h3-6,11H,2,7,14H2,1H3,(H,15,16). The molecule has 0 saturated carbocycles. The number of nitrogens with two attached hydrogens (primary N) is 1. The average molecular weight is 233 g/mol. The number of rotatable bonds is 5. The second-order valence-corrected chi connectivity index (χ2v) is 3.50. The van der Waals surface area contributed by atoms with Crippen LogP contribution in [-0.2, 0) is 11.2 Å². The van der Waals surface area contributed by atoms with E-state index in [2.05, 4.69) is 11.5 Å². The normalized spacial score (nSPS) is 11.4. The lowest BCUT2D eigenvalue weighted by atomic mass is 10.1. The molecule has 0 aliphatic heterocycles. The lowest BCUT2D eigenvalue weighted by Crippen LogP contribution is -2.41. The number of amides is 1. The van der Waals surface area contributed by atoms with Crippen LogP contribution in [0.2, 0.25) is 0 Å². The molecule has 1 amide bonds. The summed E-state index contributed by atoms with van der Waals surface area (Å²) in [6, 6.07) is 9.13. The summed E-state index contributed by atoms with van der Waals surface area (Å²) >= 11 is 0. The van der Waals surface area contributed by atoms with Crippen molar-refractivity contribution in [3.05, 3.63) is 29.8 Å². The molecule has 1 aromatic rings. The number of nitrogens with one attached hydrogen (secondary N) is 1. The number of carbonyl (C=O) groups excluding carboxylic acids is 1. The van der Waals surface area contributed by atoms with Crippen LogP contribution in [0.3, 0.4) is 0 Å². The molecule has 0 aliphatic carbocycles. The van der Waals surface area contributed by atoms with Gasteiger partial charge in [0.25, 0.3) is 5.91 Å². The second kappa shape index (κ2) is 6.51. The number of hydrogen-bond acceptors (Lipinski definition) is 4. The molecular formula is C12H15N3O2. The van der Waals surface area contributed by atoms with Gasteiger partial charge in [0.2, 0.25) is 0 Å². The minimum Gasteiger partial charge on any atom is -0.481 e. The van der Waals surface area contributed by atoms with Crippen molar-refractivity contribution in [1.29, 1.82) is 5.26 Å². The fraction of sp³-hybridized carbons (Fsp3) is 0.333. The van der Waals surface area contributed by atoms with Gasteiger partial charge in [0.05, 0.1) is 12.5 Å². The zero-order valence-corrected chi connectivity index (χ0v) is 9.64. The highest BCUT2D eigenvalue weighted by molar-refractivity contribution is 5.80. The van der Waals surface area contributed by atoms with E-state index >= 15 is 0 Å². The number of carbonyl (C=O) groups is 1. The van der Waals surface area contributed by atoms with Crippen LogP contribution < -0.4 is 16.0 Å². The van der Waals surface area contributed by atoms with Gasteiger partial charge in [-0.3, -0.25) is 10.2 Å². The SMILES string of the molecule is CCC(Oc1ccc(CC#N)cc1)C(=O)NN. The van der Waals surface area contributed by atoms with E-state index in [9.17, 15) is 4.79 Å². The van der Waals surface area contributed by atoms with Crippen LogP contribution in [0.5, 0.6) is 5.75 Å². The van der Waals surface area contributed by atoms with Crippen LogP contribution in [0.25, 0.3) is 0 Å². The molecule has 1 unspecified atom stereocenters. The first-order valence-corrected chi connectivity index (χ1v) is 5.34. The first kappa shape index (κ1) is 13.0. The summed E-state index contributed by atoms with van der Waals surface area (Å²) in [5.74, 6) is 5.28. The highest BCUT2D eigenvalue weighted by atomic mass is 16.5. The Hall–Kier alpha value is -2.06. The smallest absolute Gasteiger partial charge is 0.274 e. The number of hydrogen-bond donors (Lipinski definition) is 2. The Labute approximate surface area is 100 Å². The molecule has 0 fully saturated rings. The molecular weight excluding hydrogens is 218 g/mol. The summed E-state index contributed by atoms with van der Waals surface area (Å²) in [5.41, 5.74) is 2.97. The maximum absolute atomic E-state index is 11.3. The number of hydrazine groups is 1. The molecule has 5 nitrogen and oxygen atoms in total. The van der Waals surface area contributed by atoms with E-state index in [0.717, 1.165) is 5.56 Å². The van der Waals surface area contributed by atoms with Crippen LogP contribution in [0, 0.1) is 11.3 Å². The summed E-state index contributed by atoms with van der Waals surface area (Å²) in [5, 5.41) is 8.53. The van der Waals surface area contributed by atoms with Crippen molar-refractivity contribution >= 4 is 5.91 Å². The molecule has 1 atom stereocenters. The van der Waals surface area contributed by atoms with Gasteiger partial charge in [0.1, 0.15) is 5.75 Å². The first-order chi connectivity index (χ1) is 8.21. The van der Waals surface area contributed by atoms with Gasteiger partial charge in [-0.1, -0.05) is 19.1 Å². The Morgan fingerprint density at radius 2 is 2.18 bits per heavy atom. The van der Waals surface area contributed by atoms with Gasteiger partial charge in [0, 0.05) is 0 Å². The monoisotopic (exact) mass is 233 g/mol. The fourth-order valence-corrected chi connectivity index (χ4v) is 1.36. The molecule has 0 heterocycles. The molecule has 0 aliphatic rings. The summed E-state index contributed by atoms with van der Waals surface area (Å²) in [6.07, 6.45) is 0.297. The lowest BCUT2D eigenvalue weighted by molar-refractivity contribution is -0.128. The van der Waals surface area contributed by atoms with Crippen molar-refractivity contribution in [3.63, 3.8) is 0 Å². The van der Waals surface area contributed by atoms with Gasteiger partial charge < -0.3 is 4.74 Å². The summed E-state index contributed by atoms with van der Waals surface area (Å²) in [6.45, 7) is 1.84.